The summed E-state index contributed by atoms with van der Waals surface area (Å²) < 4.78 is 5.36. The fourth-order valence-electron chi connectivity index (χ4n) is 1.92. The van der Waals surface area contributed by atoms with E-state index >= 15 is 0 Å². The summed E-state index contributed by atoms with van der Waals surface area (Å²) in [4.78, 5) is 7.35. The zero-order valence-corrected chi connectivity index (χ0v) is 11.0. The number of ether oxygens (including phenoxy) is 1. The van der Waals surface area contributed by atoms with Crippen molar-refractivity contribution < 1.29 is 4.74 Å². The van der Waals surface area contributed by atoms with Crippen molar-refractivity contribution in [2.75, 3.05) is 7.11 Å². The van der Waals surface area contributed by atoms with Crippen molar-refractivity contribution in [3.63, 3.8) is 0 Å². The minimum Gasteiger partial charge on any atom is -0.496 e. The number of aryl methyl sites for hydroxylation is 1. The predicted molar refractivity (Wildman–Crippen MR) is 71.6 cm³/mol. The molecule has 18 heavy (non-hydrogen) atoms. The van der Waals surface area contributed by atoms with Crippen LogP contribution in [0.25, 0.3) is 0 Å². The van der Waals surface area contributed by atoms with E-state index in [1.54, 1.807) is 13.3 Å². The average molecular weight is 245 g/mol. The lowest BCUT2D eigenvalue weighted by molar-refractivity contribution is 0.405. The van der Waals surface area contributed by atoms with Crippen molar-refractivity contribution in [3.05, 3.63) is 47.5 Å². The van der Waals surface area contributed by atoms with Gasteiger partial charge in [-0.25, -0.2) is 4.98 Å². The third kappa shape index (κ3) is 2.90. The Morgan fingerprint density at radius 3 is 2.94 bits per heavy atom. The summed E-state index contributed by atoms with van der Waals surface area (Å²) in [5.41, 5.74) is 2.40. The number of nitrogens with one attached hydrogen (secondary N) is 2. The van der Waals surface area contributed by atoms with Crippen molar-refractivity contribution in [2.24, 2.45) is 0 Å². The SMILES string of the molecule is COc1ccc(C)cc1CNC(C)c1ncc[nH]1. The highest BCUT2D eigenvalue weighted by Crippen LogP contribution is 2.20. The van der Waals surface area contributed by atoms with Crippen LogP contribution < -0.4 is 10.1 Å². The summed E-state index contributed by atoms with van der Waals surface area (Å²) in [7, 11) is 1.70. The number of aromatic nitrogens is 2. The highest BCUT2D eigenvalue weighted by Gasteiger charge is 2.09. The molecule has 2 aromatic rings. The lowest BCUT2D eigenvalue weighted by atomic mass is 10.1. The average Bonchev–Trinajstić information content (AvgIpc) is 2.90. The maximum absolute atomic E-state index is 5.36. The van der Waals surface area contributed by atoms with Gasteiger partial charge in [0.15, 0.2) is 0 Å². The Hall–Kier alpha value is -1.81. The fraction of sp³-hybridized carbons (Fsp3) is 0.357. The van der Waals surface area contributed by atoms with Gasteiger partial charge in [0.2, 0.25) is 0 Å². The molecule has 1 aromatic carbocycles. The Labute approximate surface area is 107 Å². The molecular weight excluding hydrogens is 226 g/mol. The first kappa shape index (κ1) is 12.6. The molecule has 0 saturated carbocycles. The quantitative estimate of drug-likeness (QED) is 0.851. The zero-order chi connectivity index (χ0) is 13.0. The molecule has 1 unspecified atom stereocenters. The zero-order valence-electron chi connectivity index (χ0n) is 11.0. The Kier molecular flexibility index (Phi) is 3.99. The molecule has 0 spiro atoms. The topological polar surface area (TPSA) is 49.9 Å². The monoisotopic (exact) mass is 245 g/mol. The van der Waals surface area contributed by atoms with Gasteiger partial charge < -0.3 is 15.0 Å². The molecule has 1 atom stereocenters. The van der Waals surface area contributed by atoms with Crippen LogP contribution >= 0.6 is 0 Å². The fourth-order valence-corrected chi connectivity index (χ4v) is 1.92. The van der Waals surface area contributed by atoms with Gasteiger partial charge in [-0.3, -0.25) is 0 Å². The van der Waals surface area contributed by atoms with Gasteiger partial charge in [-0.05, 0) is 19.9 Å². The van der Waals surface area contributed by atoms with Crippen molar-refractivity contribution in [3.8, 4) is 5.75 Å². The largest absolute Gasteiger partial charge is 0.496 e. The molecule has 0 bridgehead atoms. The van der Waals surface area contributed by atoms with Crippen LogP contribution in [0, 0.1) is 6.92 Å². The van der Waals surface area contributed by atoms with Crippen LogP contribution in [0.2, 0.25) is 0 Å². The van der Waals surface area contributed by atoms with E-state index in [1.807, 2.05) is 12.3 Å². The number of methoxy groups -OCH3 is 1. The molecule has 96 valence electrons. The van der Waals surface area contributed by atoms with Crippen LogP contribution in [0.15, 0.2) is 30.6 Å². The first-order chi connectivity index (χ1) is 8.70. The molecule has 2 N–H and O–H groups in total. The normalized spacial score (nSPS) is 12.4. The van der Waals surface area contributed by atoms with E-state index in [9.17, 15) is 0 Å². The van der Waals surface area contributed by atoms with Gasteiger partial charge in [-0.1, -0.05) is 17.7 Å². The number of rotatable bonds is 5. The smallest absolute Gasteiger partial charge is 0.123 e. The highest BCUT2D eigenvalue weighted by atomic mass is 16.5. The van der Waals surface area contributed by atoms with Crippen LogP contribution in [0.5, 0.6) is 5.75 Å². The van der Waals surface area contributed by atoms with Crippen LogP contribution in [0.1, 0.15) is 29.9 Å². The molecule has 0 aliphatic carbocycles. The Balaban J connectivity index is 2.03. The molecule has 0 radical (unpaired) electrons. The van der Waals surface area contributed by atoms with E-state index in [2.05, 4.69) is 41.3 Å². The lowest BCUT2D eigenvalue weighted by Crippen LogP contribution is -2.19. The first-order valence-corrected chi connectivity index (χ1v) is 6.07. The van der Waals surface area contributed by atoms with Crippen molar-refractivity contribution in [1.29, 1.82) is 0 Å². The van der Waals surface area contributed by atoms with Crippen molar-refractivity contribution >= 4 is 0 Å². The molecular formula is C14H19N3O. The molecule has 0 aliphatic heterocycles. The van der Waals surface area contributed by atoms with Gasteiger partial charge in [0.25, 0.3) is 0 Å². The summed E-state index contributed by atoms with van der Waals surface area (Å²) in [6.07, 6.45) is 3.60. The van der Waals surface area contributed by atoms with Crippen LogP contribution in [-0.2, 0) is 6.54 Å². The number of benzene rings is 1. The molecule has 0 saturated heterocycles. The number of aromatic amines is 1. The second kappa shape index (κ2) is 5.69. The van der Waals surface area contributed by atoms with E-state index in [4.69, 9.17) is 4.74 Å². The molecule has 2 rings (SSSR count). The number of nitrogens with zero attached hydrogens (tertiary/aromatic N) is 1. The number of hydrogen-bond acceptors (Lipinski definition) is 3. The minimum absolute atomic E-state index is 0.185. The predicted octanol–water partition coefficient (Wildman–Crippen LogP) is 2.58. The molecule has 1 heterocycles. The first-order valence-electron chi connectivity index (χ1n) is 6.07. The molecule has 0 aliphatic rings. The lowest BCUT2D eigenvalue weighted by Gasteiger charge is -2.14. The summed E-state index contributed by atoms with van der Waals surface area (Å²) >= 11 is 0. The van der Waals surface area contributed by atoms with Gasteiger partial charge in [0, 0.05) is 24.5 Å². The maximum Gasteiger partial charge on any atom is 0.123 e. The van der Waals surface area contributed by atoms with Gasteiger partial charge in [-0.2, -0.15) is 0 Å². The van der Waals surface area contributed by atoms with Gasteiger partial charge in [0.1, 0.15) is 11.6 Å². The minimum atomic E-state index is 0.185. The van der Waals surface area contributed by atoms with Crippen molar-refractivity contribution in [1.82, 2.24) is 15.3 Å². The maximum atomic E-state index is 5.36. The highest BCUT2D eigenvalue weighted by molar-refractivity contribution is 5.36. The molecule has 1 aromatic heterocycles. The second-order valence-electron chi connectivity index (χ2n) is 4.39. The van der Waals surface area contributed by atoms with Gasteiger partial charge in [0.05, 0.1) is 13.2 Å². The van der Waals surface area contributed by atoms with E-state index in [-0.39, 0.29) is 6.04 Å². The van der Waals surface area contributed by atoms with Gasteiger partial charge in [-0.15, -0.1) is 0 Å². The van der Waals surface area contributed by atoms with E-state index < -0.39 is 0 Å². The van der Waals surface area contributed by atoms with E-state index in [0.29, 0.717) is 0 Å². The molecule has 0 amide bonds. The second-order valence-corrected chi connectivity index (χ2v) is 4.39. The summed E-state index contributed by atoms with van der Waals surface area (Å²) in [6, 6.07) is 6.38. The number of hydrogen-bond donors (Lipinski definition) is 2. The summed E-state index contributed by atoms with van der Waals surface area (Å²) in [5, 5.41) is 3.43. The molecule has 4 nitrogen and oxygen atoms in total. The van der Waals surface area contributed by atoms with E-state index in [1.165, 1.54) is 5.56 Å². The van der Waals surface area contributed by atoms with Crippen LogP contribution in [-0.4, -0.2) is 17.1 Å². The molecule has 4 heteroatoms. The molecule has 0 fully saturated rings. The summed E-state index contributed by atoms with van der Waals surface area (Å²) in [5.74, 6) is 1.86. The van der Waals surface area contributed by atoms with Crippen molar-refractivity contribution in [2.45, 2.75) is 26.4 Å². The third-order valence-electron chi connectivity index (χ3n) is 2.96. The standard InChI is InChI=1S/C14H19N3O/c1-10-4-5-13(18-3)12(8-10)9-17-11(2)14-15-6-7-16-14/h4-8,11,17H,9H2,1-3H3,(H,15,16). The van der Waals surface area contributed by atoms with E-state index in [0.717, 1.165) is 23.7 Å². The third-order valence-corrected chi connectivity index (χ3v) is 2.96. The number of imidazole rings is 1. The van der Waals surface area contributed by atoms with Gasteiger partial charge >= 0.3 is 0 Å². The number of H-pyrrole nitrogens is 1. The Morgan fingerprint density at radius 2 is 2.28 bits per heavy atom. The van der Waals surface area contributed by atoms with Crippen LogP contribution in [0.4, 0.5) is 0 Å². The van der Waals surface area contributed by atoms with Crippen LogP contribution in [0.3, 0.4) is 0 Å². The Bertz CT molecular complexity index is 494. The Morgan fingerprint density at radius 1 is 1.44 bits per heavy atom. The summed E-state index contributed by atoms with van der Waals surface area (Å²) in [6.45, 7) is 4.92.